The summed E-state index contributed by atoms with van der Waals surface area (Å²) in [7, 11) is 0. The molecular formula is C10H12KNS2. The number of thiocarbonyl (C=S) groups is 1. The predicted molar refractivity (Wildman–Crippen MR) is 62.7 cm³/mol. The fourth-order valence-electron chi connectivity index (χ4n) is 1.17. The summed E-state index contributed by atoms with van der Waals surface area (Å²) in [4.78, 5) is 0. The first-order chi connectivity index (χ1) is 6.11. The average Bonchev–Trinajstić information content (AvgIpc) is 2.07. The van der Waals surface area contributed by atoms with Crippen molar-refractivity contribution in [2.24, 2.45) is 0 Å². The SMILES string of the molecule is Cc1cccc(CNC(=S)[S-])c1C.[K+]. The molecule has 0 aromatic heterocycles. The molecule has 1 aromatic carbocycles. The van der Waals surface area contributed by atoms with E-state index in [9.17, 15) is 0 Å². The van der Waals surface area contributed by atoms with Gasteiger partial charge in [-0.3, -0.25) is 0 Å². The van der Waals surface area contributed by atoms with Crippen molar-refractivity contribution < 1.29 is 51.4 Å². The van der Waals surface area contributed by atoms with Crippen LogP contribution >= 0.6 is 12.2 Å². The predicted octanol–water partition coefficient (Wildman–Crippen LogP) is -0.771. The molecule has 70 valence electrons. The molecule has 0 bridgehead atoms. The fraction of sp³-hybridized carbons (Fsp3) is 0.300. The first-order valence-electron chi connectivity index (χ1n) is 4.11. The largest absolute Gasteiger partial charge is 1.00 e. The molecule has 0 spiro atoms. The zero-order valence-corrected chi connectivity index (χ0v) is 13.5. The van der Waals surface area contributed by atoms with E-state index in [1.54, 1.807) is 0 Å². The summed E-state index contributed by atoms with van der Waals surface area (Å²) in [6, 6.07) is 6.24. The zero-order valence-electron chi connectivity index (χ0n) is 8.76. The Morgan fingerprint density at radius 2 is 2.07 bits per heavy atom. The van der Waals surface area contributed by atoms with Crippen molar-refractivity contribution in [2.75, 3.05) is 0 Å². The van der Waals surface area contributed by atoms with E-state index in [2.05, 4.69) is 31.3 Å². The van der Waals surface area contributed by atoms with Crippen molar-refractivity contribution in [1.82, 2.24) is 5.32 Å². The van der Waals surface area contributed by atoms with Crippen molar-refractivity contribution in [3.05, 3.63) is 34.9 Å². The van der Waals surface area contributed by atoms with E-state index in [0.717, 1.165) is 6.54 Å². The number of benzene rings is 1. The molecule has 0 aliphatic carbocycles. The van der Waals surface area contributed by atoms with Gasteiger partial charge in [0.2, 0.25) is 0 Å². The maximum absolute atomic E-state index is 4.77. The minimum Gasteiger partial charge on any atom is -0.412 e. The van der Waals surface area contributed by atoms with Crippen LogP contribution < -0.4 is 56.7 Å². The Bertz CT molecular complexity index is 326. The van der Waals surface area contributed by atoms with Gasteiger partial charge in [0.1, 0.15) is 0 Å². The first kappa shape index (κ1) is 15.0. The van der Waals surface area contributed by atoms with Gasteiger partial charge in [-0.2, -0.15) is 0 Å². The molecule has 0 fully saturated rings. The molecule has 0 unspecified atom stereocenters. The molecular weight excluding hydrogens is 237 g/mol. The summed E-state index contributed by atoms with van der Waals surface area (Å²) in [6.07, 6.45) is 0. The third kappa shape index (κ3) is 4.66. The van der Waals surface area contributed by atoms with Crippen LogP contribution in [0.15, 0.2) is 18.2 Å². The number of nitrogens with one attached hydrogen (secondary N) is 1. The number of rotatable bonds is 2. The second kappa shape index (κ2) is 7.27. The quantitative estimate of drug-likeness (QED) is 0.420. The Morgan fingerprint density at radius 1 is 1.43 bits per heavy atom. The van der Waals surface area contributed by atoms with Crippen LogP contribution in [-0.4, -0.2) is 4.32 Å². The first-order valence-corrected chi connectivity index (χ1v) is 4.93. The Labute approximate surface area is 139 Å². The second-order valence-corrected chi connectivity index (χ2v) is 4.07. The molecule has 1 N–H and O–H groups in total. The van der Waals surface area contributed by atoms with Gasteiger partial charge in [0.05, 0.1) is 0 Å². The number of hydrogen-bond acceptors (Lipinski definition) is 2. The molecule has 0 saturated carbocycles. The third-order valence-corrected chi connectivity index (χ3v) is 2.43. The Hall–Kier alpha value is 0.966. The smallest absolute Gasteiger partial charge is 0.412 e. The van der Waals surface area contributed by atoms with Crippen molar-refractivity contribution in [3.8, 4) is 0 Å². The summed E-state index contributed by atoms with van der Waals surface area (Å²) >= 11 is 9.55. The van der Waals surface area contributed by atoms with Crippen molar-refractivity contribution in [3.63, 3.8) is 0 Å². The van der Waals surface area contributed by atoms with Crippen LogP contribution in [0.3, 0.4) is 0 Å². The van der Waals surface area contributed by atoms with Gasteiger partial charge >= 0.3 is 51.4 Å². The Morgan fingerprint density at radius 3 is 2.64 bits per heavy atom. The van der Waals surface area contributed by atoms with E-state index in [1.807, 2.05) is 6.07 Å². The van der Waals surface area contributed by atoms with Gasteiger partial charge in [-0.15, -0.1) is 0 Å². The average molecular weight is 249 g/mol. The van der Waals surface area contributed by atoms with E-state index in [0.29, 0.717) is 4.32 Å². The van der Waals surface area contributed by atoms with Crippen molar-refractivity contribution in [2.45, 2.75) is 20.4 Å². The normalized spacial score (nSPS) is 9.00. The van der Waals surface area contributed by atoms with Crippen LogP contribution in [0.2, 0.25) is 0 Å². The monoisotopic (exact) mass is 249 g/mol. The molecule has 1 rings (SSSR count). The minimum absolute atomic E-state index is 0. The van der Waals surface area contributed by atoms with Gasteiger partial charge in [-0.05, 0) is 30.5 Å². The minimum atomic E-state index is 0. The van der Waals surface area contributed by atoms with Crippen LogP contribution in [0.1, 0.15) is 16.7 Å². The maximum Gasteiger partial charge on any atom is 1.00 e. The van der Waals surface area contributed by atoms with E-state index in [-0.39, 0.29) is 51.4 Å². The van der Waals surface area contributed by atoms with Gasteiger partial charge in [0.25, 0.3) is 0 Å². The van der Waals surface area contributed by atoms with E-state index in [4.69, 9.17) is 24.8 Å². The molecule has 1 nitrogen and oxygen atoms in total. The third-order valence-electron chi connectivity index (χ3n) is 2.14. The molecule has 0 saturated heterocycles. The van der Waals surface area contributed by atoms with Crippen molar-refractivity contribution >= 4 is 29.2 Å². The molecule has 0 heterocycles. The van der Waals surface area contributed by atoms with Crippen LogP contribution in [0.4, 0.5) is 0 Å². The summed E-state index contributed by atoms with van der Waals surface area (Å²) in [5.74, 6) is 0. The zero-order chi connectivity index (χ0) is 9.84. The Kier molecular flexibility index (Phi) is 7.78. The van der Waals surface area contributed by atoms with E-state index < -0.39 is 0 Å². The topological polar surface area (TPSA) is 12.0 Å². The van der Waals surface area contributed by atoms with Crippen molar-refractivity contribution in [1.29, 1.82) is 0 Å². The summed E-state index contributed by atoms with van der Waals surface area (Å²) in [6.45, 7) is 4.94. The summed E-state index contributed by atoms with van der Waals surface area (Å²) in [5.41, 5.74) is 3.86. The summed E-state index contributed by atoms with van der Waals surface area (Å²) < 4.78 is 0.431. The van der Waals surface area contributed by atoms with Gasteiger partial charge in [0.15, 0.2) is 0 Å². The molecule has 0 radical (unpaired) electrons. The fourth-order valence-corrected chi connectivity index (χ4v) is 1.32. The van der Waals surface area contributed by atoms with E-state index >= 15 is 0 Å². The maximum atomic E-state index is 4.77. The number of hydrogen-bond donors (Lipinski definition) is 1. The molecule has 0 aliphatic rings. The standard InChI is InChI=1S/C10H13NS2.K/c1-7-4-3-5-9(8(7)2)6-11-10(12)13;/h3-5H,6H2,1-2H3,(H2,11,12,13);/q;+1/p-1. The van der Waals surface area contributed by atoms with Crippen LogP contribution in [0.25, 0.3) is 0 Å². The Balaban J connectivity index is 0.00000169. The van der Waals surface area contributed by atoms with Gasteiger partial charge < -0.3 is 30.2 Å². The summed E-state index contributed by atoms with van der Waals surface area (Å²) in [5, 5.41) is 2.98. The molecule has 0 amide bonds. The molecule has 0 aliphatic heterocycles. The molecule has 4 heteroatoms. The molecule has 0 atom stereocenters. The van der Waals surface area contributed by atoms with Gasteiger partial charge in [0, 0.05) is 6.54 Å². The van der Waals surface area contributed by atoms with E-state index in [1.165, 1.54) is 16.7 Å². The second-order valence-electron chi connectivity index (χ2n) is 3.00. The molecule has 1 aromatic rings. The van der Waals surface area contributed by atoms with Crippen LogP contribution in [0, 0.1) is 13.8 Å². The van der Waals surface area contributed by atoms with Crippen LogP contribution in [0.5, 0.6) is 0 Å². The number of aryl methyl sites for hydroxylation is 1. The van der Waals surface area contributed by atoms with Gasteiger partial charge in [-0.25, -0.2) is 0 Å². The van der Waals surface area contributed by atoms with Gasteiger partial charge in [-0.1, -0.05) is 22.5 Å². The molecule has 14 heavy (non-hydrogen) atoms. The van der Waals surface area contributed by atoms with Crippen LogP contribution in [-0.2, 0) is 19.2 Å².